The first-order valence-corrected chi connectivity index (χ1v) is 17.1. The molecule has 14 nitrogen and oxygen atoms in total. The zero-order chi connectivity index (χ0) is 35.8. The Balaban J connectivity index is 1.08. The van der Waals surface area contributed by atoms with Crippen LogP contribution in [-0.4, -0.2) is 103 Å². The van der Waals surface area contributed by atoms with Gasteiger partial charge in [-0.3, -0.25) is 19.1 Å². The first kappa shape index (κ1) is 32.8. The predicted molar refractivity (Wildman–Crippen MR) is 192 cm³/mol. The van der Waals surface area contributed by atoms with E-state index in [0.29, 0.717) is 90.2 Å². The second-order valence-electron chi connectivity index (χ2n) is 12.8. The van der Waals surface area contributed by atoms with Crippen molar-refractivity contribution < 1.29 is 18.7 Å². The number of benzene rings is 2. The van der Waals surface area contributed by atoms with E-state index in [2.05, 4.69) is 30.2 Å². The van der Waals surface area contributed by atoms with Gasteiger partial charge in [0.2, 0.25) is 5.91 Å². The number of hydrogen-bond acceptors (Lipinski definition) is 9. The molecule has 264 valence electrons. The van der Waals surface area contributed by atoms with Gasteiger partial charge in [-0.1, -0.05) is 29.5 Å². The minimum Gasteiger partial charge on any atom is -0.496 e. The smallest absolute Gasteiger partial charge is 0.270 e. The lowest BCUT2D eigenvalue weighted by Gasteiger charge is -2.35. The van der Waals surface area contributed by atoms with Crippen LogP contribution in [-0.2, 0) is 11.3 Å². The summed E-state index contributed by atoms with van der Waals surface area (Å²) in [5.74, 6) is 0.437. The number of rotatable bonds is 8. The molecule has 6 heterocycles. The minimum absolute atomic E-state index is 0.0533. The number of carbonyl (C=O) groups is 2. The molecule has 1 saturated heterocycles. The second-order valence-corrected chi connectivity index (χ2v) is 12.8. The van der Waals surface area contributed by atoms with Crippen LogP contribution in [0, 0.1) is 5.82 Å². The number of aryl methyl sites for hydroxylation is 1. The summed E-state index contributed by atoms with van der Waals surface area (Å²) in [5, 5.41) is 8.73. The maximum atomic E-state index is 16.7. The van der Waals surface area contributed by atoms with E-state index >= 15 is 4.39 Å². The SMILES string of the molecule is COc1ccccc1-c1cc(C2=CCCN(C(=O)CCn3ccnn3)C2)c(F)c2[nH]c(C(=O)N3CCN(c4cc5c(=O)[nH]cnc5cn4)CC3)cc12. The van der Waals surface area contributed by atoms with Gasteiger partial charge in [0, 0.05) is 68.4 Å². The highest BCUT2D eigenvalue weighted by atomic mass is 19.1. The lowest BCUT2D eigenvalue weighted by atomic mass is 9.93. The third-order valence-corrected chi connectivity index (χ3v) is 9.76. The molecule has 2 amide bonds. The molecule has 0 aliphatic carbocycles. The predicted octanol–water partition coefficient (Wildman–Crippen LogP) is 3.87. The Morgan fingerprint density at radius 3 is 2.62 bits per heavy atom. The van der Waals surface area contributed by atoms with E-state index in [9.17, 15) is 14.4 Å². The van der Waals surface area contributed by atoms with Gasteiger partial charge in [-0.05, 0) is 41.8 Å². The van der Waals surface area contributed by atoms with Crippen molar-refractivity contribution in [3.8, 4) is 16.9 Å². The number of aromatic amines is 2. The molecule has 15 heteroatoms. The van der Waals surface area contributed by atoms with Crippen LogP contribution in [0.2, 0.25) is 0 Å². The van der Waals surface area contributed by atoms with Gasteiger partial charge < -0.3 is 29.4 Å². The number of nitrogens with one attached hydrogen (secondary N) is 2. The average molecular weight is 703 g/mol. The molecule has 0 radical (unpaired) electrons. The molecular formula is C37H35FN10O4. The third-order valence-electron chi connectivity index (χ3n) is 9.76. The topological polar surface area (TPSA) is 158 Å². The number of anilines is 1. The molecule has 2 N–H and O–H groups in total. The number of amides is 2. The van der Waals surface area contributed by atoms with Gasteiger partial charge in [-0.15, -0.1) is 5.10 Å². The third kappa shape index (κ3) is 6.14. The fourth-order valence-electron chi connectivity index (χ4n) is 7.01. The highest BCUT2D eigenvalue weighted by molar-refractivity contribution is 6.05. The number of para-hydroxylation sites is 1. The summed E-state index contributed by atoms with van der Waals surface area (Å²) in [5.41, 5.74) is 3.23. The van der Waals surface area contributed by atoms with Crippen LogP contribution in [0.25, 0.3) is 38.5 Å². The molecule has 1 fully saturated rings. The fourth-order valence-corrected chi connectivity index (χ4v) is 7.01. The number of hydrogen-bond donors (Lipinski definition) is 2. The lowest BCUT2D eigenvalue weighted by molar-refractivity contribution is -0.131. The molecule has 2 aromatic carbocycles. The summed E-state index contributed by atoms with van der Waals surface area (Å²) in [6.45, 7) is 2.98. The molecule has 4 aromatic heterocycles. The summed E-state index contributed by atoms with van der Waals surface area (Å²) in [6.07, 6.45) is 9.00. The van der Waals surface area contributed by atoms with Crippen molar-refractivity contribution in [3.05, 3.63) is 101 Å². The Morgan fingerprint density at radius 2 is 1.81 bits per heavy atom. The maximum Gasteiger partial charge on any atom is 0.270 e. The summed E-state index contributed by atoms with van der Waals surface area (Å²) >= 11 is 0. The van der Waals surface area contributed by atoms with Crippen LogP contribution in [0.5, 0.6) is 5.75 Å². The molecule has 8 rings (SSSR count). The van der Waals surface area contributed by atoms with Crippen LogP contribution in [0.3, 0.4) is 0 Å². The van der Waals surface area contributed by atoms with Crippen molar-refractivity contribution in [3.63, 3.8) is 0 Å². The van der Waals surface area contributed by atoms with Crippen LogP contribution < -0.4 is 15.2 Å². The molecule has 0 unspecified atom stereocenters. The van der Waals surface area contributed by atoms with Crippen molar-refractivity contribution in [2.45, 2.75) is 19.4 Å². The van der Waals surface area contributed by atoms with Crippen molar-refractivity contribution in [2.75, 3.05) is 51.3 Å². The molecule has 0 atom stereocenters. The highest BCUT2D eigenvalue weighted by Gasteiger charge is 2.28. The second kappa shape index (κ2) is 13.7. The number of halogens is 1. The monoisotopic (exact) mass is 702 g/mol. The van der Waals surface area contributed by atoms with E-state index in [0.717, 1.165) is 5.56 Å². The Morgan fingerprint density at radius 1 is 0.962 bits per heavy atom. The number of carbonyl (C=O) groups excluding carboxylic acids is 2. The number of piperazine rings is 1. The van der Waals surface area contributed by atoms with E-state index < -0.39 is 5.82 Å². The van der Waals surface area contributed by atoms with Gasteiger partial charge in [0.05, 0.1) is 48.8 Å². The van der Waals surface area contributed by atoms with E-state index in [1.807, 2.05) is 35.2 Å². The van der Waals surface area contributed by atoms with Crippen molar-refractivity contribution in [1.29, 1.82) is 0 Å². The summed E-state index contributed by atoms with van der Waals surface area (Å²) in [4.78, 5) is 59.3. The van der Waals surface area contributed by atoms with Gasteiger partial charge in [0.25, 0.3) is 11.5 Å². The zero-order valence-electron chi connectivity index (χ0n) is 28.4. The Labute approximate surface area is 296 Å². The van der Waals surface area contributed by atoms with Gasteiger partial charge in [0.1, 0.15) is 17.3 Å². The number of ether oxygens (including phenoxy) is 1. The maximum absolute atomic E-state index is 16.7. The Kier molecular flexibility index (Phi) is 8.66. The van der Waals surface area contributed by atoms with E-state index in [4.69, 9.17) is 4.74 Å². The normalized spacial score (nSPS) is 15.0. The minimum atomic E-state index is -0.493. The van der Waals surface area contributed by atoms with Gasteiger partial charge in [-0.2, -0.15) is 0 Å². The van der Waals surface area contributed by atoms with Crippen LogP contribution in [0.1, 0.15) is 28.9 Å². The fraction of sp³-hybridized carbons (Fsp3) is 0.270. The van der Waals surface area contributed by atoms with Crippen LogP contribution in [0.15, 0.2) is 78.3 Å². The molecule has 0 bridgehead atoms. The van der Waals surface area contributed by atoms with E-state index in [1.54, 1.807) is 58.4 Å². The van der Waals surface area contributed by atoms with Gasteiger partial charge in [-0.25, -0.2) is 14.4 Å². The van der Waals surface area contributed by atoms with Crippen molar-refractivity contribution in [2.24, 2.45) is 0 Å². The number of methoxy groups -OCH3 is 1. The Bertz CT molecular complexity index is 2400. The zero-order valence-corrected chi connectivity index (χ0v) is 28.4. The van der Waals surface area contributed by atoms with Crippen LogP contribution >= 0.6 is 0 Å². The Hall–Kier alpha value is -6.38. The number of fused-ring (bicyclic) bond motifs is 2. The van der Waals surface area contributed by atoms with E-state index in [-0.39, 0.29) is 41.5 Å². The number of aromatic nitrogens is 7. The van der Waals surface area contributed by atoms with Gasteiger partial charge in [0.15, 0.2) is 5.82 Å². The molecule has 52 heavy (non-hydrogen) atoms. The first-order chi connectivity index (χ1) is 25.4. The summed E-state index contributed by atoms with van der Waals surface area (Å²) < 4.78 is 24.0. The van der Waals surface area contributed by atoms with Crippen LogP contribution in [0.4, 0.5) is 10.2 Å². The summed E-state index contributed by atoms with van der Waals surface area (Å²) in [6, 6.07) is 12.7. The number of H-pyrrole nitrogens is 2. The van der Waals surface area contributed by atoms with Gasteiger partial charge >= 0.3 is 0 Å². The molecule has 0 saturated carbocycles. The molecule has 0 spiro atoms. The quantitative estimate of drug-likeness (QED) is 0.240. The first-order valence-electron chi connectivity index (χ1n) is 17.1. The average Bonchev–Trinajstić information content (AvgIpc) is 3.89. The summed E-state index contributed by atoms with van der Waals surface area (Å²) in [7, 11) is 1.58. The largest absolute Gasteiger partial charge is 0.496 e. The molecule has 2 aliphatic rings. The highest BCUT2D eigenvalue weighted by Crippen LogP contribution is 2.40. The molecular weight excluding hydrogens is 667 g/mol. The number of nitrogens with zero attached hydrogens (tertiary/aromatic N) is 8. The molecule has 6 aromatic rings. The van der Waals surface area contributed by atoms with E-state index in [1.165, 1.54) is 6.33 Å². The van der Waals surface area contributed by atoms with Crippen molar-refractivity contribution >= 4 is 45.0 Å². The molecule has 2 aliphatic heterocycles. The number of pyridine rings is 1. The standard InChI is InChI=1S/C37H35FN10O4/c1-52-31-7-3-2-6-24(31)26-17-25(23-5-4-10-47(21-23)33(49)8-11-48-12-9-42-44-48)34(38)35-27(26)18-29(43-35)37(51)46-15-13-45(14-16-46)32-19-28-30(20-39-32)40-22-41-36(28)50/h2-3,5-7,9,12,17-20,22,43H,4,8,10-11,13-16,21H2,1H3,(H,40,41,50). The lowest BCUT2D eigenvalue weighted by Crippen LogP contribution is -2.49. The van der Waals surface area contributed by atoms with Crippen molar-refractivity contribution in [1.82, 2.24) is 44.7 Å².